The van der Waals surface area contributed by atoms with Gasteiger partial charge in [0.2, 0.25) is 11.8 Å². The predicted molar refractivity (Wildman–Crippen MR) is 90.5 cm³/mol. The molecule has 136 valence electrons. The van der Waals surface area contributed by atoms with Crippen molar-refractivity contribution in [2.24, 2.45) is 0 Å². The first-order valence-corrected chi connectivity index (χ1v) is 8.60. The molecule has 0 saturated carbocycles. The molecule has 0 spiro atoms. The number of hydrogen-bond acceptors (Lipinski definition) is 3. The van der Waals surface area contributed by atoms with Crippen molar-refractivity contribution in [3.05, 3.63) is 29.8 Å². The van der Waals surface area contributed by atoms with Crippen molar-refractivity contribution in [1.82, 2.24) is 10.6 Å². The Kier molecular flexibility index (Phi) is 4.77. The van der Waals surface area contributed by atoms with Gasteiger partial charge in [-0.15, -0.1) is 0 Å². The van der Waals surface area contributed by atoms with Crippen LogP contribution in [-0.2, 0) is 16.1 Å². The number of piperidine rings is 1. The molecule has 2 N–H and O–H groups in total. The average Bonchev–Trinajstić information content (AvgIpc) is 2.88. The molecular formula is C18H23F2N3O2. The molecule has 2 amide bonds. The van der Waals surface area contributed by atoms with Crippen LogP contribution in [0.4, 0.5) is 14.5 Å². The van der Waals surface area contributed by atoms with E-state index in [2.05, 4.69) is 10.6 Å². The highest BCUT2D eigenvalue weighted by Crippen LogP contribution is 2.32. The zero-order valence-electron chi connectivity index (χ0n) is 14.3. The Morgan fingerprint density at radius 3 is 2.84 bits per heavy atom. The molecule has 25 heavy (non-hydrogen) atoms. The van der Waals surface area contributed by atoms with Crippen LogP contribution in [-0.4, -0.2) is 36.4 Å². The molecule has 7 heteroatoms. The van der Waals surface area contributed by atoms with E-state index in [0.29, 0.717) is 13.0 Å². The van der Waals surface area contributed by atoms with Gasteiger partial charge in [-0.05, 0) is 37.5 Å². The Morgan fingerprint density at radius 1 is 1.36 bits per heavy atom. The molecule has 0 radical (unpaired) electrons. The van der Waals surface area contributed by atoms with Crippen molar-refractivity contribution in [3.63, 3.8) is 0 Å². The molecule has 1 atom stereocenters. The topological polar surface area (TPSA) is 61.4 Å². The van der Waals surface area contributed by atoms with Gasteiger partial charge in [0.05, 0.1) is 6.54 Å². The summed E-state index contributed by atoms with van der Waals surface area (Å²) in [5.41, 5.74) is 0.384. The number of halogens is 2. The van der Waals surface area contributed by atoms with E-state index in [4.69, 9.17) is 0 Å². The number of amides is 2. The van der Waals surface area contributed by atoms with Crippen LogP contribution >= 0.6 is 0 Å². The number of anilines is 1. The molecule has 2 saturated heterocycles. The largest absolute Gasteiger partial charge is 0.350 e. The lowest BCUT2D eigenvalue weighted by molar-refractivity contribution is -0.127. The Hall–Kier alpha value is -2.02. The van der Waals surface area contributed by atoms with Gasteiger partial charge in [-0.25, -0.2) is 8.78 Å². The zero-order valence-corrected chi connectivity index (χ0v) is 14.3. The molecule has 1 aromatic carbocycles. The van der Waals surface area contributed by atoms with E-state index < -0.39 is 30.3 Å². The van der Waals surface area contributed by atoms with Gasteiger partial charge in [0.1, 0.15) is 5.54 Å². The number of alkyl halides is 2. The van der Waals surface area contributed by atoms with E-state index in [9.17, 15) is 18.4 Å². The fourth-order valence-electron chi connectivity index (χ4n) is 3.42. The molecule has 0 bridgehead atoms. The number of nitrogens with one attached hydrogen (secondary N) is 2. The van der Waals surface area contributed by atoms with Crippen LogP contribution in [0.25, 0.3) is 0 Å². The molecule has 1 unspecified atom stereocenters. The van der Waals surface area contributed by atoms with E-state index >= 15 is 0 Å². The Labute approximate surface area is 145 Å². The summed E-state index contributed by atoms with van der Waals surface area (Å²) in [6.45, 7) is 1.94. The van der Waals surface area contributed by atoms with Gasteiger partial charge in [-0.2, -0.15) is 0 Å². The van der Waals surface area contributed by atoms with Crippen LogP contribution in [0, 0.1) is 0 Å². The summed E-state index contributed by atoms with van der Waals surface area (Å²) in [6, 6.07) is 7.41. The highest BCUT2D eigenvalue weighted by atomic mass is 19.3. The van der Waals surface area contributed by atoms with Gasteiger partial charge < -0.3 is 10.2 Å². The highest BCUT2D eigenvalue weighted by Gasteiger charge is 2.50. The van der Waals surface area contributed by atoms with Crippen LogP contribution in [0.1, 0.15) is 38.2 Å². The van der Waals surface area contributed by atoms with E-state index in [1.807, 2.05) is 24.3 Å². The van der Waals surface area contributed by atoms with Crippen LogP contribution < -0.4 is 15.5 Å². The second-order valence-electron chi connectivity index (χ2n) is 7.07. The number of benzene rings is 1. The fourth-order valence-corrected chi connectivity index (χ4v) is 3.42. The first-order valence-electron chi connectivity index (χ1n) is 8.60. The number of carbonyl (C=O) groups excluding carboxylic acids is 2. The van der Waals surface area contributed by atoms with Crippen molar-refractivity contribution in [3.8, 4) is 0 Å². The number of carbonyl (C=O) groups is 2. The maximum absolute atomic E-state index is 13.4. The average molecular weight is 351 g/mol. The van der Waals surface area contributed by atoms with Crippen molar-refractivity contribution >= 4 is 17.5 Å². The monoisotopic (exact) mass is 351 g/mol. The summed E-state index contributed by atoms with van der Waals surface area (Å²) in [5.74, 6) is -3.19. The predicted octanol–water partition coefficient (Wildman–Crippen LogP) is 2.21. The Morgan fingerprint density at radius 2 is 2.16 bits per heavy atom. The number of rotatable bonds is 4. The van der Waals surface area contributed by atoms with Gasteiger partial charge in [0.25, 0.3) is 5.92 Å². The Balaban J connectivity index is 1.63. The fraction of sp³-hybridized carbons (Fsp3) is 0.556. The van der Waals surface area contributed by atoms with Crippen molar-refractivity contribution < 1.29 is 18.4 Å². The molecule has 0 aromatic heterocycles. The normalized spacial score (nSPS) is 25.9. The smallest absolute Gasteiger partial charge is 0.262 e. The first-order chi connectivity index (χ1) is 11.8. The van der Waals surface area contributed by atoms with Gasteiger partial charge in [0, 0.05) is 31.6 Å². The first kappa shape index (κ1) is 17.8. The van der Waals surface area contributed by atoms with Crippen molar-refractivity contribution in [2.45, 2.75) is 50.6 Å². The second-order valence-corrected chi connectivity index (χ2v) is 7.07. The molecule has 1 aromatic rings. The van der Waals surface area contributed by atoms with Crippen molar-refractivity contribution in [2.75, 3.05) is 18.0 Å². The van der Waals surface area contributed by atoms with Crippen LogP contribution in [0.5, 0.6) is 0 Å². The standard InChI is InChI=1S/C18H23F2N3O2/c1-17(11-18(19,20)12-22-17)16(25)21-10-13-5-4-6-14(9-13)23-8-3-2-7-15(23)24/h4-6,9,22H,2-3,7-8,10-12H2,1H3,(H,21,25). The SMILES string of the molecule is CC1(C(=O)NCc2cccc(N3CCCCC3=O)c2)CC(F)(F)CN1. The maximum atomic E-state index is 13.4. The molecule has 2 heterocycles. The number of hydrogen-bond donors (Lipinski definition) is 2. The summed E-state index contributed by atoms with van der Waals surface area (Å²) in [7, 11) is 0. The van der Waals surface area contributed by atoms with Gasteiger partial charge in [-0.1, -0.05) is 12.1 Å². The second kappa shape index (κ2) is 6.71. The number of nitrogens with zero attached hydrogens (tertiary/aromatic N) is 1. The third-order valence-corrected chi connectivity index (χ3v) is 4.85. The van der Waals surface area contributed by atoms with Gasteiger partial charge in [0.15, 0.2) is 0 Å². The Bertz CT molecular complexity index is 680. The quantitative estimate of drug-likeness (QED) is 0.874. The summed E-state index contributed by atoms with van der Waals surface area (Å²) in [5, 5.41) is 5.34. The van der Waals surface area contributed by atoms with Crippen LogP contribution in [0.3, 0.4) is 0 Å². The van der Waals surface area contributed by atoms with Crippen LogP contribution in [0.15, 0.2) is 24.3 Å². The lowest BCUT2D eigenvalue weighted by Crippen LogP contribution is -2.50. The summed E-state index contributed by atoms with van der Waals surface area (Å²) in [6.07, 6.45) is 1.94. The van der Waals surface area contributed by atoms with E-state index in [1.165, 1.54) is 6.92 Å². The summed E-state index contributed by atoms with van der Waals surface area (Å²) < 4.78 is 26.8. The maximum Gasteiger partial charge on any atom is 0.262 e. The van der Waals surface area contributed by atoms with E-state index in [0.717, 1.165) is 24.1 Å². The van der Waals surface area contributed by atoms with E-state index in [1.54, 1.807) is 4.90 Å². The highest BCUT2D eigenvalue weighted by molar-refractivity contribution is 5.94. The molecule has 2 aliphatic heterocycles. The zero-order chi connectivity index (χ0) is 18.1. The molecule has 5 nitrogen and oxygen atoms in total. The van der Waals surface area contributed by atoms with Gasteiger partial charge in [-0.3, -0.25) is 14.9 Å². The molecular weight excluding hydrogens is 328 g/mol. The lowest BCUT2D eigenvalue weighted by atomic mass is 9.98. The summed E-state index contributed by atoms with van der Waals surface area (Å²) in [4.78, 5) is 26.1. The van der Waals surface area contributed by atoms with Gasteiger partial charge >= 0.3 is 0 Å². The molecule has 0 aliphatic carbocycles. The van der Waals surface area contributed by atoms with Crippen molar-refractivity contribution in [1.29, 1.82) is 0 Å². The molecule has 2 aliphatic rings. The minimum atomic E-state index is -2.86. The summed E-state index contributed by atoms with van der Waals surface area (Å²) >= 11 is 0. The minimum Gasteiger partial charge on any atom is -0.350 e. The molecule has 2 fully saturated rings. The van der Waals surface area contributed by atoms with Crippen LogP contribution in [0.2, 0.25) is 0 Å². The minimum absolute atomic E-state index is 0.109. The van der Waals surface area contributed by atoms with E-state index in [-0.39, 0.29) is 12.5 Å². The third kappa shape index (κ3) is 3.98. The third-order valence-electron chi connectivity index (χ3n) is 4.85. The lowest BCUT2D eigenvalue weighted by Gasteiger charge is -2.27. The molecule has 3 rings (SSSR count).